The minimum Gasteiger partial charge on any atom is -0.489 e. The highest BCUT2D eigenvalue weighted by atomic mass is 16.5. The molecule has 0 spiro atoms. The topological polar surface area (TPSA) is 66.0 Å². The summed E-state index contributed by atoms with van der Waals surface area (Å²) in [7, 11) is 3.51. The summed E-state index contributed by atoms with van der Waals surface area (Å²) >= 11 is 0. The molecule has 0 aliphatic heterocycles. The third kappa shape index (κ3) is 7.68. The second-order valence-electron chi connectivity index (χ2n) is 7.87. The van der Waals surface area contributed by atoms with E-state index in [1.165, 1.54) is 0 Å². The van der Waals surface area contributed by atoms with Crippen LogP contribution in [0, 0.1) is 0 Å². The van der Waals surface area contributed by atoms with Crippen LogP contribution in [-0.2, 0) is 19.7 Å². The molecule has 172 valence electrons. The van der Waals surface area contributed by atoms with Gasteiger partial charge in [-0.05, 0) is 47.9 Å². The molecule has 0 unspecified atom stereocenters. The van der Waals surface area contributed by atoms with Gasteiger partial charge in [-0.2, -0.15) is 0 Å². The summed E-state index contributed by atoms with van der Waals surface area (Å²) in [4.78, 5) is 18.3. The van der Waals surface area contributed by atoms with Crippen LogP contribution in [-0.4, -0.2) is 37.4 Å². The first-order valence-corrected chi connectivity index (χ1v) is 11.1. The summed E-state index contributed by atoms with van der Waals surface area (Å²) in [5, 5.41) is 6.64. The zero-order valence-corrected chi connectivity index (χ0v) is 19.5. The van der Waals surface area contributed by atoms with Gasteiger partial charge in [0.15, 0.2) is 5.96 Å². The van der Waals surface area contributed by atoms with Gasteiger partial charge in [0.1, 0.15) is 12.4 Å². The molecular formula is C27H32N4O2. The fourth-order valence-corrected chi connectivity index (χ4v) is 3.22. The van der Waals surface area contributed by atoms with Gasteiger partial charge in [-0.1, -0.05) is 54.6 Å². The lowest BCUT2D eigenvalue weighted by Gasteiger charge is -2.13. The first-order chi connectivity index (χ1) is 16.0. The molecule has 6 heteroatoms. The fraction of sp³-hybridized carbons (Fsp3) is 0.259. The van der Waals surface area contributed by atoms with E-state index in [2.05, 4.69) is 28.8 Å². The highest BCUT2D eigenvalue weighted by Crippen LogP contribution is 2.13. The number of aliphatic imine (C=N–C) groups is 1. The molecule has 0 fully saturated rings. The third-order valence-corrected chi connectivity index (χ3v) is 4.97. The van der Waals surface area contributed by atoms with E-state index in [0.717, 1.165) is 34.9 Å². The maximum atomic E-state index is 12.0. The largest absolute Gasteiger partial charge is 0.489 e. The van der Waals surface area contributed by atoms with Gasteiger partial charge in [-0.15, -0.1) is 0 Å². The molecule has 0 heterocycles. The highest BCUT2D eigenvalue weighted by molar-refractivity contribution is 5.93. The molecule has 0 atom stereocenters. The molecule has 0 aromatic heterocycles. The number of benzene rings is 3. The number of hydrogen-bond acceptors (Lipinski definition) is 3. The Labute approximate surface area is 196 Å². The van der Waals surface area contributed by atoms with Crippen LogP contribution in [0.15, 0.2) is 83.9 Å². The van der Waals surface area contributed by atoms with Crippen molar-refractivity contribution in [1.82, 2.24) is 15.5 Å². The van der Waals surface area contributed by atoms with Crippen molar-refractivity contribution in [3.05, 3.63) is 101 Å². The van der Waals surface area contributed by atoms with Gasteiger partial charge in [-0.3, -0.25) is 4.79 Å². The number of nitrogens with one attached hydrogen (secondary N) is 2. The van der Waals surface area contributed by atoms with Crippen LogP contribution >= 0.6 is 0 Å². The molecule has 33 heavy (non-hydrogen) atoms. The van der Waals surface area contributed by atoms with Gasteiger partial charge in [0, 0.05) is 32.7 Å². The summed E-state index contributed by atoms with van der Waals surface area (Å²) in [6, 6.07) is 25.7. The van der Waals surface area contributed by atoms with Crippen LogP contribution in [0.2, 0.25) is 0 Å². The van der Waals surface area contributed by atoms with Crippen LogP contribution in [0.25, 0.3) is 0 Å². The molecule has 1 amide bonds. The summed E-state index contributed by atoms with van der Waals surface area (Å²) in [6.07, 6.45) is 0. The number of nitrogens with zero attached hydrogens (tertiary/aromatic N) is 2. The third-order valence-electron chi connectivity index (χ3n) is 4.97. The van der Waals surface area contributed by atoms with E-state index in [4.69, 9.17) is 9.73 Å². The Bertz CT molecular complexity index is 1050. The molecule has 3 rings (SSSR count). The maximum Gasteiger partial charge on any atom is 0.253 e. The van der Waals surface area contributed by atoms with Crippen molar-refractivity contribution in [2.75, 3.05) is 20.6 Å². The Morgan fingerprint density at radius 1 is 0.879 bits per heavy atom. The predicted molar refractivity (Wildman–Crippen MR) is 133 cm³/mol. The van der Waals surface area contributed by atoms with E-state index in [1.807, 2.05) is 67.6 Å². The Hall–Kier alpha value is -3.80. The van der Waals surface area contributed by atoms with Gasteiger partial charge < -0.3 is 20.3 Å². The Morgan fingerprint density at radius 2 is 1.61 bits per heavy atom. The number of para-hydroxylation sites is 1. The molecule has 0 saturated carbocycles. The van der Waals surface area contributed by atoms with Gasteiger partial charge in [0.25, 0.3) is 5.91 Å². The fourth-order valence-electron chi connectivity index (χ4n) is 3.22. The van der Waals surface area contributed by atoms with Crippen LogP contribution in [0.1, 0.15) is 34.0 Å². The van der Waals surface area contributed by atoms with Gasteiger partial charge >= 0.3 is 0 Å². The van der Waals surface area contributed by atoms with Crippen LogP contribution < -0.4 is 15.4 Å². The highest BCUT2D eigenvalue weighted by Gasteiger charge is 2.07. The van der Waals surface area contributed by atoms with Crippen molar-refractivity contribution in [2.24, 2.45) is 4.99 Å². The number of hydrogen-bond donors (Lipinski definition) is 2. The molecular weight excluding hydrogens is 412 g/mol. The number of rotatable bonds is 9. The van der Waals surface area contributed by atoms with Gasteiger partial charge in [0.2, 0.25) is 0 Å². The molecule has 0 aliphatic rings. The standard InChI is InChI=1S/C27H32N4O2/c1-4-28-27(29-18-21-13-15-24(16-14-21)26(32)31(2)3)30-19-22-9-8-10-23(17-22)20-33-25-11-6-5-7-12-25/h5-17H,4,18-20H2,1-3H3,(H2,28,29,30). The average molecular weight is 445 g/mol. The zero-order chi connectivity index (χ0) is 23.5. The Kier molecular flexibility index (Phi) is 8.88. The zero-order valence-electron chi connectivity index (χ0n) is 19.5. The van der Waals surface area contributed by atoms with E-state index >= 15 is 0 Å². The molecule has 2 N–H and O–H groups in total. The molecule has 3 aromatic carbocycles. The number of amides is 1. The van der Waals surface area contributed by atoms with Crippen molar-refractivity contribution < 1.29 is 9.53 Å². The lowest BCUT2D eigenvalue weighted by atomic mass is 10.1. The van der Waals surface area contributed by atoms with Crippen molar-refractivity contribution in [3.63, 3.8) is 0 Å². The average Bonchev–Trinajstić information content (AvgIpc) is 2.85. The second kappa shape index (κ2) is 12.3. The lowest BCUT2D eigenvalue weighted by molar-refractivity contribution is 0.0827. The minimum absolute atomic E-state index is 0.000749. The van der Waals surface area contributed by atoms with Crippen LogP contribution in [0.4, 0.5) is 0 Å². The first-order valence-electron chi connectivity index (χ1n) is 11.1. The predicted octanol–water partition coefficient (Wildman–Crippen LogP) is 4.22. The van der Waals surface area contributed by atoms with Gasteiger partial charge in [-0.25, -0.2) is 4.99 Å². The summed E-state index contributed by atoms with van der Waals surface area (Å²) in [5.41, 5.74) is 3.99. The summed E-state index contributed by atoms with van der Waals surface area (Å²) in [5.74, 6) is 1.61. The van der Waals surface area contributed by atoms with Crippen molar-refractivity contribution in [2.45, 2.75) is 26.6 Å². The molecule has 3 aromatic rings. The van der Waals surface area contributed by atoms with E-state index < -0.39 is 0 Å². The smallest absolute Gasteiger partial charge is 0.253 e. The number of ether oxygens (including phenoxy) is 1. The van der Waals surface area contributed by atoms with Gasteiger partial charge in [0.05, 0.1) is 6.54 Å². The number of guanidine groups is 1. The second-order valence-corrected chi connectivity index (χ2v) is 7.87. The van der Waals surface area contributed by atoms with E-state index in [1.54, 1.807) is 19.0 Å². The van der Waals surface area contributed by atoms with Crippen molar-refractivity contribution >= 4 is 11.9 Å². The van der Waals surface area contributed by atoms with E-state index in [0.29, 0.717) is 25.3 Å². The van der Waals surface area contributed by atoms with E-state index in [-0.39, 0.29) is 5.91 Å². The SMILES string of the molecule is CCNC(=NCc1cccc(COc2ccccc2)c1)NCc1ccc(C(=O)N(C)C)cc1. The molecule has 0 bridgehead atoms. The number of carbonyl (C=O) groups excluding carboxylic acids is 1. The van der Waals surface area contributed by atoms with Crippen molar-refractivity contribution in [1.29, 1.82) is 0 Å². The normalized spacial score (nSPS) is 11.1. The maximum absolute atomic E-state index is 12.0. The monoisotopic (exact) mass is 444 g/mol. The molecule has 0 aliphatic carbocycles. The quantitative estimate of drug-likeness (QED) is 0.383. The minimum atomic E-state index is 0.000749. The summed E-state index contributed by atoms with van der Waals surface area (Å²) in [6.45, 7) is 4.51. The lowest BCUT2D eigenvalue weighted by Crippen LogP contribution is -2.36. The first kappa shape index (κ1) is 23.9. The van der Waals surface area contributed by atoms with Crippen molar-refractivity contribution in [3.8, 4) is 5.75 Å². The Balaban J connectivity index is 1.56. The molecule has 0 radical (unpaired) electrons. The summed E-state index contributed by atoms with van der Waals surface area (Å²) < 4.78 is 5.85. The van der Waals surface area contributed by atoms with Crippen LogP contribution in [0.5, 0.6) is 5.75 Å². The molecule has 6 nitrogen and oxygen atoms in total. The number of carbonyl (C=O) groups is 1. The Morgan fingerprint density at radius 3 is 2.30 bits per heavy atom. The van der Waals surface area contributed by atoms with Crippen LogP contribution in [0.3, 0.4) is 0 Å². The van der Waals surface area contributed by atoms with E-state index in [9.17, 15) is 4.79 Å². The molecule has 0 saturated heterocycles.